The summed E-state index contributed by atoms with van der Waals surface area (Å²) >= 11 is 3.34. The van der Waals surface area contributed by atoms with Crippen LogP contribution < -0.4 is 20.2 Å². The summed E-state index contributed by atoms with van der Waals surface area (Å²) in [5, 5.41) is 6.34. The van der Waals surface area contributed by atoms with Crippen LogP contribution in [0.15, 0.2) is 76.3 Å². The van der Waals surface area contributed by atoms with Crippen molar-refractivity contribution in [1.82, 2.24) is 5.43 Å². The van der Waals surface area contributed by atoms with Crippen molar-refractivity contribution in [3.05, 3.63) is 87.9 Å². The highest BCUT2D eigenvalue weighted by Crippen LogP contribution is 2.23. The van der Waals surface area contributed by atoms with Gasteiger partial charge in [0.15, 0.2) is 0 Å². The van der Waals surface area contributed by atoms with Gasteiger partial charge in [0.2, 0.25) is 0 Å². The minimum absolute atomic E-state index is 0.223. The number of anilines is 1. The summed E-state index contributed by atoms with van der Waals surface area (Å²) in [6, 6.07) is 18.5. The lowest BCUT2D eigenvalue weighted by atomic mass is 10.2. The summed E-state index contributed by atoms with van der Waals surface area (Å²) in [7, 11) is 1.53. The number of carbonyl (C=O) groups excluding carboxylic acids is 3. The fourth-order valence-electron chi connectivity index (χ4n) is 2.70. The monoisotopic (exact) mass is 509 g/mol. The molecule has 0 spiro atoms. The van der Waals surface area contributed by atoms with E-state index in [0.29, 0.717) is 27.0 Å². The van der Waals surface area contributed by atoms with Gasteiger partial charge in [-0.25, -0.2) is 10.2 Å². The van der Waals surface area contributed by atoms with Gasteiger partial charge in [-0.15, -0.1) is 0 Å². The molecule has 0 aliphatic carbocycles. The Morgan fingerprint density at radius 1 is 0.970 bits per heavy atom. The molecule has 0 aliphatic heterocycles. The number of aryl methyl sites for hydroxylation is 1. The lowest BCUT2D eigenvalue weighted by Gasteiger charge is -2.09. The number of methoxy groups -OCH3 is 1. The number of esters is 1. The molecule has 0 fully saturated rings. The molecule has 2 N–H and O–H groups in total. The van der Waals surface area contributed by atoms with Crippen molar-refractivity contribution in [3.63, 3.8) is 0 Å². The molecule has 0 saturated carbocycles. The third kappa shape index (κ3) is 6.50. The van der Waals surface area contributed by atoms with Crippen LogP contribution in [0.5, 0.6) is 11.5 Å². The minimum atomic E-state index is -0.943. The molecule has 3 aromatic rings. The van der Waals surface area contributed by atoms with E-state index in [1.54, 1.807) is 54.6 Å². The van der Waals surface area contributed by atoms with E-state index >= 15 is 0 Å². The normalized spacial score (nSPS) is 10.5. The molecule has 0 atom stereocenters. The predicted octanol–water partition coefficient (Wildman–Crippen LogP) is 4.07. The van der Waals surface area contributed by atoms with Gasteiger partial charge in [-0.3, -0.25) is 9.59 Å². The molecule has 0 heterocycles. The van der Waals surface area contributed by atoms with Crippen LogP contribution in [0.25, 0.3) is 0 Å². The van der Waals surface area contributed by atoms with Crippen molar-refractivity contribution in [2.75, 3.05) is 12.4 Å². The van der Waals surface area contributed by atoms with Gasteiger partial charge in [0.1, 0.15) is 11.5 Å². The van der Waals surface area contributed by atoms with E-state index in [2.05, 4.69) is 31.8 Å². The number of amides is 2. The van der Waals surface area contributed by atoms with E-state index in [1.165, 1.54) is 13.3 Å². The fraction of sp³-hybridized carbons (Fsp3) is 0.0833. The number of carbonyl (C=O) groups is 3. The summed E-state index contributed by atoms with van der Waals surface area (Å²) in [5.41, 5.74) is 4.26. The maximum absolute atomic E-state index is 12.5. The molecular weight excluding hydrogens is 490 g/mol. The Bertz CT molecular complexity index is 1210. The molecule has 33 heavy (non-hydrogen) atoms. The molecule has 9 heteroatoms. The Hall–Kier alpha value is -3.98. The van der Waals surface area contributed by atoms with Crippen LogP contribution in [0.4, 0.5) is 5.69 Å². The summed E-state index contributed by atoms with van der Waals surface area (Å²) in [4.78, 5) is 36.6. The van der Waals surface area contributed by atoms with Crippen LogP contribution in [0.2, 0.25) is 0 Å². The van der Waals surface area contributed by atoms with Crippen molar-refractivity contribution >= 4 is 45.6 Å². The second-order valence-electron chi connectivity index (χ2n) is 6.77. The number of hydrogen-bond donors (Lipinski definition) is 2. The van der Waals surface area contributed by atoms with Gasteiger partial charge in [-0.2, -0.15) is 5.10 Å². The van der Waals surface area contributed by atoms with Crippen LogP contribution >= 0.6 is 15.9 Å². The average Bonchev–Trinajstić information content (AvgIpc) is 2.82. The van der Waals surface area contributed by atoms with E-state index in [0.717, 1.165) is 5.56 Å². The van der Waals surface area contributed by atoms with E-state index in [4.69, 9.17) is 9.47 Å². The molecular formula is C24H20BrN3O5. The van der Waals surface area contributed by atoms with Crippen LogP contribution in [0.1, 0.15) is 21.5 Å². The van der Waals surface area contributed by atoms with Crippen molar-refractivity contribution in [1.29, 1.82) is 0 Å². The molecule has 0 bridgehead atoms. The Kier molecular flexibility index (Phi) is 7.93. The third-order valence-corrected chi connectivity index (χ3v) is 4.96. The topological polar surface area (TPSA) is 106 Å². The van der Waals surface area contributed by atoms with Crippen LogP contribution in [-0.4, -0.2) is 31.1 Å². The van der Waals surface area contributed by atoms with Gasteiger partial charge in [0.05, 0.1) is 18.9 Å². The number of nitrogens with zero attached hydrogens (tertiary/aromatic N) is 1. The Balaban J connectivity index is 1.67. The average molecular weight is 510 g/mol. The molecule has 3 rings (SSSR count). The first kappa shape index (κ1) is 23.7. The smallest absolute Gasteiger partial charge is 0.343 e. The van der Waals surface area contributed by atoms with Gasteiger partial charge in [0, 0.05) is 15.7 Å². The second kappa shape index (κ2) is 11.1. The van der Waals surface area contributed by atoms with Crippen molar-refractivity contribution in [3.8, 4) is 11.5 Å². The molecule has 8 nitrogen and oxygen atoms in total. The summed E-state index contributed by atoms with van der Waals surface area (Å²) in [6.45, 7) is 1.81. The lowest BCUT2D eigenvalue weighted by Crippen LogP contribution is -2.32. The summed E-state index contributed by atoms with van der Waals surface area (Å²) in [5.74, 6) is -1.54. The second-order valence-corrected chi connectivity index (χ2v) is 7.68. The lowest BCUT2D eigenvalue weighted by molar-refractivity contribution is -0.136. The number of hydrogen-bond acceptors (Lipinski definition) is 6. The SMILES string of the molecule is COc1ccc(C(=O)Oc2ccc(Br)cc2/C=N\NC(=O)C(=O)Nc2ccccc2C)cc1. The van der Waals surface area contributed by atoms with Crippen molar-refractivity contribution in [2.24, 2.45) is 5.10 Å². The fourth-order valence-corrected chi connectivity index (χ4v) is 3.08. The van der Waals surface area contributed by atoms with Gasteiger partial charge < -0.3 is 14.8 Å². The molecule has 0 aliphatic rings. The van der Waals surface area contributed by atoms with Crippen molar-refractivity contribution in [2.45, 2.75) is 6.92 Å². The molecule has 0 saturated heterocycles. The largest absolute Gasteiger partial charge is 0.497 e. The molecule has 0 radical (unpaired) electrons. The first-order valence-corrected chi connectivity index (χ1v) is 10.5. The van der Waals surface area contributed by atoms with E-state index < -0.39 is 17.8 Å². The van der Waals surface area contributed by atoms with Gasteiger partial charge in [-0.1, -0.05) is 34.1 Å². The van der Waals surface area contributed by atoms with E-state index in [1.807, 2.05) is 19.1 Å². The molecule has 3 aromatic carbocycles. The van der Waals surface area contributed by atoms with Gasteiger partial charge >= 0.3 is 17.8 Å². The zero-order chi connectivity index (χ0) is 23.8. The Labute approximate surface area is 198 Å². The number of rotatable bonds is 6. The highest BCUT2D eigenvalue weighted by molar-refractivity contribution is 9.10. The number of nitrogens with one attached hydrogen (secondary N) is 2. The standard InChI is InChI=1S/C24H20BrN3O5/c1-15-5-3-4-6-20(15)27-22(29)23(30)28-26-14-17-13-18(25)9-12-21(17)33-24(31)16-7-10-19(32-2)11-8-16/h3-14H,1-2H3,(H,27,29)(H,28,30)/b26-14-. The van der Waals surface area contributed by atoms with Gasteiger partial charge in [0.25, 0.3) is 0 Å². The number of ether oxygens (including phenoxy) is 2. The first-order chi connectivity index (χ1) is 15.9. The number of para-hydroxylation sites is 1. The van der Waals surface area contributed by atoms with E-state index in [-0.39, 0.29) is 5.75 Å². The van der Waals surface area contributed by atoms with Crippen LogP contribution in [0.3, 0.4) is 0 Å². The van der Waals surface area contributed by atoms with E-state index in [9.17, 15) is 14.4 Å². The quantitative estimate of drug-likeness (QED) is 0.171. The third-order valence-electron chi connectivity index (χ3n) is 4.47. The van der Waals surface area contributed by atoms with Crippen LogP contribution in [0, 0.1) is 6.92 Å². The maximum atomic E-state index is 12.5. The molecule has 2 amide bonds. The number of benzene rings is 3. The van der Waals surface area contributed by atoms with Gasteiger partial charge in [-0.05, 0) is 61.0 Å². The van der Waals surface area contributed by atoms with Crippen LogP contribution in [-0.2, 0) is 9.59 Å². The number of halogens is 1. The minimum Gasteiger partial charge on any atom is -0.497 e. The molecule has 0 aromatic heterocycles. The Morgan fingerprint density at radius 3 is 2.39 bits per heavy atom. The zero-order valence-corrected chi connectivity index (χ0v) is 19.4. The van der Waals surface area contributed by atoms with Crippen molar-refractivity contribution < 1.29 is 23.9 Å². The zero-order valence-electron chi connectivity index (χ0n) is 17.8. The first-order valence-electron chi connectivity index (χ1n) is 9.73. The Morgan fingerprint density at radius 2 is 1.70 bits per heavy atom. The summed E-state index contributed by atoms with van der Waals surface area (Å²) in [6.07, 6.45) is 1.28. The summed E-state index contributed by atoms with van der Waals surface area (Å²) < 4.78 is 11.3. The maximum Gasteiger partial charge on any atom is 0.343 e. The number of hydrazone groups is 1. The predicted molar refractivity (Wildman–Crippen MR) is 128 cm³/mol. The highest BCUT2D eigenvalue weighted by atomic mass is 79.9. The molecule has 0 unspecified atom stereocenters. The highest BCUT2D eigenvalue weighted by Gasteiger charge is 2.15. The molecule has 168 valence electrons.